The number of nitrogens with one attached hydrogen (secondary N) is 1. The molecule has 0 saturated carbocycles. The molecule has 1 amide bonds. The lowest BCUT2D eigenvalue weighted by atomic mass is 10.1. The summed E-state index contributed by atoms with van der Waals surface area (Å²) in [6, 6.07) is 9.82. The van der Waals surface area contributed by atoms with E-state index in [0.29, 0.717) is 11.4 Å². The number of carbonyl (C=O) groups excluding carboxylic acids is 1. The number of nitrogens with zero attached hydrogens (tertiary/aromatic N) is 2. The Bertz CT molecular complexity index is 1310. The maximum absolute atomic E-state index is 13.0. The Hall–Kier alpha value is -2.65. The van der Waals surface area contributed by atoms with Crippen molar-refractivity contribution in [2.24, 2.45) is 0 Å². The molecule has 31 heavy (non-hydrogen) atoms. The Kier molecular flexibility index (Phi) is 6.29. The third-order valence-corrected chi connectivity index (χ3v) is 7.23. The Labute approximate surface area is 186 Å². The summed E-state index contributed by atoms with van der Waals surface area (Å²) in [5.41, 5.74) is 3.46. The molecule has 1 aromatic heterocycles. The lowest BCUT2D eigenvalue weighted by Gasteiger charge is -2.29. The predicted octanol–water partition coefficient (Wildman–Crippen LogP) is 4.05. The van der Waals surface area contributed by atoms with Crippen LogP contribution in [0.3, 0.4) is 0 Å². The highest BCUT2D eigenvalue weighted by atomic mass is 32.2. The van der Waals surface area contributed by atoms with Crippen LogP contribution in [0.25, 0.3) is 10.2 Å². The van der Waals surface area contributed by atoms with Crippen molar-refractivity contribution in [3.8, 4) is 0 Å². The quantitative estimate of drug-likeness (QED) is 0.600. The first-order valence-electron chi connectivity index (χ1n) is 9.92. The van der Waals surface area contributed by atoms with E-state index in [4.69, 9.17) is 0 Å². The number of hydrogen-bond donors (Lipinski definition) is 1. The second-order valence-electron chi connectivity index (χ2n) is 8.03. The molecule has 1 N–H and O–H groups in total. The summed E-state index contributed by atoms with van der Waals surface area (Å²) >= 11 is 1.12. The number of fused-ring (bicyclic) bond motifs is 1. The van der Waals surface area contributed by atoms with Crippen LogP contribution in [0.4, 0.5) is 11.4 Å². The Morgan fingerprint density at radius 1 is 1.10 bits per heavy atom. The van der Waals surface area contributed by atoms with Crippen molar-refractivity contribution in [3.05, 3.63) is 57.2 Å². The minimum Gasteiger partial charge on any atom is -0.324 e. The van der Waals surface area contributed by atoms with Crippen molar-refractivity contribution in [1.82, 2.24) is 4.57 Å². The van der Waals surface area contributed by atoms with Gasteiger partial charge in [0, 0.05) is 11.7 Å². The smallest absolute Gasteiger partial charge is 0.308 e. The van der Waals surface area contributed by atoms with Gasteiger partial charge in [-0.3, -0.25) is 18.5 Å². The van der Waals surface area contributed by atoms with E-state index in [1.807, 2.05) is 39.8 Å². The summed E-state index contributed by atoms with van der Waals surface area (Å²) in [5.74, 6) is -0.457. The maximum Gasteiger partial charge on any atom is 0.308 e. The molecular formula is C22H27N3O4S2. The maximum atomic E-state index is 13.0. The van der Waals surface area contributed by atoms with Gasteiger partial charge in [0.15, 0.2) is 0 Å². The van der Waals surface area contributed by atoms with Gasteiger partial charge in [0.25, 0.3) is 0 Å². The van der Waals surface area contributed by atoms with Gasteiger partial charge in [0.1, 0.15) is 6.04 Å². The molecule has 3 aromatic rings. The van der Waals surface area contributed by atoms with E-state index >= 15 is 0 Å². The van der Waals surface area contributed by atoms with Crippen molar-refractivity contribution >= 4 is 48.9 Å². The molecule has 9 heteroatoms. The second kappa shape index (κ2) is 8.47. The van der Waals surface area contributed by atoms with Gasteiger partial charge in [-0.1, -0.05) is 23.5 Å². The lowest BCUT2D eigenvalue weighted by Crippen LogP contribution is -2.45. The molecule has 0 radical (unpaired) electrons. The van der Waals surface area contributed by atoms with Crippen LogP contribution >= 0.6 is 11.3 Å². The van der Waals surface area contributed by atoms with E-state index in [2.05, 4.69) is 5.32 Å². The van der Waals surface area contributed by atoms with Crippen LogP contribution < -0.4 is 14.5 Å². The number of aryl methyl sites for hydroxylation is 2. The van der Waals surface area contributed by atoms with E-state index < -0.39 is 22.0 Å². The summed E-state index contributed by atoms with van der Waals surface area (Å²) in [6.07, 6.45) is 1.09. The van der Waals surface area contributed by atoms with Crippen molar-refractivity contribution in [2.45, 2.75) is 46.7 Å². The predicted molar refractivity (Wildman–Crippen MR) is 128 cm³/mol. The van der Waals surface area contributed by atoms with E-state index in [9.17, 15) is 18.0 Å². The van der Waals surface area contributed by atoms with Gasteiger partial charge in [0.2, 0.25) is 15.9 Å². The highest BCUT2D eigenvalue weighted by Gasteiger charge is 2.30. The molecule has 2 aromatic carbocycles. The molecule has 0 bridgehead atoms. The number of hydrogen-bond acceptors (Lipinski definition) is 5. The van der Waals surface area contributed by atoms with Crippen molar-refractivity contribution in [2.75, 3.05) is 15.9 Å². The minimum atomic E-state index is -3.71. The molecule has 0 unspecified atom stereocenters. The number of benzene rings is 2. The molecule has 0 spiro atoms. The molecule has 0 aliphatic carbocycles. The summed E-state index contributed by atoms with van der Waals surface area (Å²) in [4.78, 5) is 25.2. The van der Waals surface area contributed by atoms with Gasteiger partial charge in [-0.05, 0) is 70.0 Å². The zero-order valence-electron chi connectivity index (χ0n) is 18.5. The molecular weight excluding hydrogens is 434 g/mol. The average molecular weight is 462 g/mol. The Balaban J connectivity index is 1.94. The van der Waals surface area contributed by atoms with Gasteiger partial charge < -0.3 is 5.32 Å². The highest BCUT2D eigenvalue weighted by molar-refractivity contribution is 7.92. The monoisotopic (exact) mass is 461 g/mol. The Morgan fingerprint density at radius 2 is 1.77 bits per heavy atom. The molecule has 1 heterocycles. The Morgan fingerprint density at radius 3 is 2.39 bits per heavy atom. The zero-order chi connectivity index (χ0) is 23.1. The molecule has 1 atom stereocenters. The van der Waals surface area contributed by atoms with Crippen LogP contribution in [0, 0.1) is 13.8 Å². The highest BCUT2D eigenvalue weighted by Crippen LogP contribution is 2.28. The minimum absolute atomic E-state index is 0.0302. The molecule has 166 valence electrons. The fourth-order valence-electron chi connectivity index (χ4n) is 3.59. The number of amides is 1. The number of anilines is 2. The average Bonchev–Trinajstić information content (AvgIpc) is 2.98. The van der Waals surface area contributed by atoms with E-state index in [1.165, 1.54) is 0 Å². The summed E-state index contributed by atoms with van der Waals surface area (Å²) in [7, 11) is -3.71. The fourth-order valence-corrected chi connectivity index (χ4v) is 5.86. The van der Waals surface area contributed by atoms with Crippen LogP contribution in [0.1, 0.15) is 37.9 Å². The number of rotatable bonds is 6. The molecule has 3 rings (SSSR count). The SMILES string of the molecule is Cc1ccc(C)c(N([C@H](C)C(=O)Nc2ccc3c(c2)sc(=O)n3C(C)C)S(C)(=O)=O)c1. The van der Waals surface area contributed by atoms with Gasteiger partial charge in [-0.25, -0.2) is 8.42 Å². The number of sulfonamides is 1. The van der Waals surface area contributed by atoms with Gasteiger partial charge in [0.05, 0.1) is 22.2 Å². The van der Waals surface area contributed by atoms with E-state index in [-0.39, 0.29) is 10.9 Å². The summed E-state index contributed by atoms with van der Waals surface area (Å²) < 4.78 is 28.8. The lowest BCUT2D eigenvalue weighted by molar-refractivity contribution is -0.116. The number of thiazole rings is 1. The normalized spacial score (nSPS) is 12.9. The summed E-state index contributed by atoms with van der Waals surface area (Å²) in [6.45, 7) is 9.13. The van der Waals surface area contributed by atoms with Crippen LogP contribution in [0.2, 0.25) is 0 Å². The molecule has 7 nitrogen and oxygen atoms in total. The van der Waals surface area contributed by atoms with E-state index in [0.717, 1.165) is 43.2 Å². The number of carbonyl (C=O) groups is 1. The summed E-state index contributed by atoms with van der Waals surface area (Å²) in [5, 5.41) is 2.80. The third-order valence-electron chi connectivity index (χ3n) is 5.09. The molecule has 0 saturated heterocycles. The van der Waals surface area contributed by atoms with Crippen molar-refractivity contribution < 1.29 is 13.2 Å². The topological polar surface area (TPSA) is 88.5 Å². The third kappa shape index (κ3) is 4.67. The number of aromatic nitrogens is 1. The van der Waals surface area contributed by atoms with E-state index in [1.54, 1.807) is 35.8 Å². The molecule has 0 aliphatic rings. The second-order valence-corrected chi connectivity index (χ2v) is 10.9. The van der Waals surface area contributed by atoms with Crippen LogP contribution in [0.15, 0.2) is 41.2 Å². The molecule has 0 fully saturated rings. The standard InChI is InChI=1S/C22H27N3O4S2/c1-13(2)24-18-10-9-17(12-20(18)30-22(24)27)23-21(26)16(5)25(31(6,28)29)19-11-14(3)7-8-15(19)4/h7-13,16H,1-6H3,(H,23,26)/t16-/m1/s1. The largest absolute Gasteiger partial charge is 0.324 e. The van der Waals surface area contributed by atoms with Crippen LogP contribution in [-0.2, 0) is 14.8 Å². The first-order valence-corrected chi connectivity index (χ1v) is 12.6. The first-order chi connectivity index (χ1) is 14.4. The van der Waals surface area contributed by atoms with Crippen molar-refractivity contribution in [1.29, 1.82) is 0 Å². The van der Waals surface area contributed by atoms with Crippen LogP contribution in [-0.4, -0.2) is 31.2 Å². The van der Waals surface area contributed by atoms with Gasteiger partial charge in [-0.15, -0.1) is 0 Å². The molecule has 0 aliphatic heterocycles. The van der Waals surface area contributed by atoms with Gasteiger partial charge >= 0.3 is 4.87 Å². The van der Waals surface area contributed by atoms with Gasteiger partial charge in [-0.2, -0.15) is 0 Å². The van der Waals surface area contributed by atoms with Crippen LogP contribution in [0.5, 0.6) is 0 Å². The zero-order valence-corrected chi connectivity index (χ0v) is 20.1. The first kappa shape index (κ1) is 23.0. The van der Waals surface area contributed by atoms with Crippen molar-refractivity contribution in [3.63, 3.8) is 0 Å². The fraction of sp³-hybridized carbons (Fsp3) is 0.364.